The van der Waals surface area contributed by atoms with Gasteiger partial charge in [0, 0.05) is 14.1 Å². The lowest BCUT2D eigenvalue weighted by molar-refractivity contribution is 0.230. The molecular formula is C11H16N2O3. The summed E-state index contributed by atoms with van der Waals surface area (Å²) in [5, 5.41) is 2.72. The monoisotopic (exact) mass is 224 g/mol. The van der Waals surface area contributed by atoms with Gasteiger partial charge >= 0.3 is 6.03 Å². The molecule has 0 aromatic heterocycles. The third-order valence-corrected chi connectivity index (χ3v) is 2.07. The highest BCUT2D eigenvalue weighted by Crippen LogP contribution is 2.34. The Hall–Kier alpha value is -1.91. The van der Waals surface area contributed by atoms with E-state index in [1.54, 1.807) is 46.5 Å². The third kappa shape index (κ3) is 2.56. The number of anilines is 1. The first-order chi connectivity index (χ1) is 7.60. The van der Waals surface area contributed by atoms with E-state index in [-0.39, 0.29) is 6.03 Å². The van der Waals surface area contributed by atoms with Crippen LogP contribution in [-0.2, 0) is 0 Å². The molecule has 0 aliphatic heterocycles. The summed E-state index contributed by atoms with van der Waals surface area (Å²) in [5.41, 5.74) is 0.534. The van der Waals surface area contributed by atoms with E-state index in [4.69, 9.17) is 9.47 Å². The molecule has 0 spiro atoms. The number of methoxy groups -OCH3 is 2. The molecule has 2 amide bonds. The minimum Gasteiger partial charge on any atom is -0.494 e. The lowest BCUT2D eigenvalue weighted by atomic mass is 10.2. The molecule has 0 heterocycles. The number of benzene rings is 1. The zero-order valence-corrected chi connectivity index (χ0v) is 9.90. The Kier molecular flexibility index (Phi) is 3.99. The molecule has 88 valence electrons. The average molecular weight is 224 g/mol. The van der Waals surface area contributed by atoms with Gasteiger partial charge in [0.15, 0.2) is 0 Å². The van der Waals surface area contributed by atoms with Crippen LogP contribution in [0.4, 0.5) is 10.5 Å². The standard InChI is InChI=1S/C11H16N2O3/c1-13(2)11(14)12-10-8(15-3)6-5-7-9(10)16-4/h5-7H,1-4H3,(H,12,14). The number of carbonyl (C=O) groups excluding carboxylic acids is 1. The van der Waals surface area contributed by atoms with Gasteiger partial charge in [0.05, 0.1) is 14.2 Å². The zero-order chi connectivity index (χ0) is 12.1. The molecule has 0 aliphatic carbocycles. The first kappa shape index (κ1) is 12.2. The highest BCUT2D eigenvalue weighted by molar-refractivity contribution is 5.92. The average Bonchev–Trinajstić information content (AvgIpc) is 2.29. The lowest BCUT2D eigenvalue weighted by Gasteiger charge is -2.16. The molecule has 1 N–H and O–H groups in total. The zero-order valence-electron chi connectivity index (χ0n) is 9.90. The fraction of sp³-hybridized carbons (Fsp3) is 0.364. The van der Waals surface area contributed by atoms with Gasteiger partial charge in [-0.15, -0.1) is 0 Å². The van der Waals surface area contributed by atoms with Crippen LogP contribution in [0, 0.1) is 0 Å². The second kappa shape index (κ2) is 5.25. The molecule has 0 saturated carbocycles. The Balaban J connectivity index is 3.04. The number of nitrogens with zero attached hydrogens (tertiary/aromatic N) is 1. The van der Waals surface area contributed by atoms with Crippen LogP contribution >= 0.6 is 0 Å². The minimum absolute atomic E-state index is 0.234. The fourth-order valence-corrected chi connectivity index (χ4v) is 1.19. The van der Waals surface area contributed by atoms with Gasteiger partial charge in [-0.05, 0) is 12.1 Å². The first-order valence-electron chi connectivity index (χ1n) is 4.79. The Morgan fingerprint density at radius 1 is 1.19 bits per heavy atom. The normalized spacial score (nSPS) is 9.50. The molecule has 0 bridgehead atoms. The maximum absolute atomic E-state index is 11.6. The molecule has 1 rings (SSSR count). The fourth-order valence-electron chi connectivity index (χ4n) is 1.19. The van der Waals surface area contributed by atoms with Gasteiger partial charge in [0.2, 0.25) is 0 Å². The van der Waals surface area contributed by atoms with Crippen LogP contribution in [0.15, 0.2) is 18.2 Å². The molecular weight excluding hydrogens is 208 g/mol. The number of ether oxygens (including phenoxy) is 2. The number of urea groups is 1. The van der Waals surface area contributed by atoms with Gasteiger partial charge in [-0.25, -0.2) is 4.79 Å². The third-order valence-electron chi connectivity index (χ3n) is 2.07. The van der Waals surface area contributed by atoms with E-state index >= 15 is 0 Å². The Bertz CT molecular complexity index is 355. The van der Waals surface area contributed by atoms with Crippen molar-refractivity contribution in [1.82, 2.24) is 4.90 Å². The van der Waals surface area contributed by atoms with Crippen LogP contribution in [-0.4, -0.2) is 39.2 Å². The molecule has 0 radical (unpaired) electrons. The van der Waals surface area contributed by atoms with Crippen LogP contribution in [0.2, 0.25) is 0 Å². The largest absolute Gasteiger partial charge is 0.494 e. The molecule has 0 unspecified atom stereocenters. The van der Waals surface area contributed by atoms with Gasteiger partial charge in [-0.3, -0.25) is 0 Å². The number of nitrogens with one attached hydrogen (secondary N) is 1. The SMILES string of the molecule is COc1cccc(OC)c1NC(=O)N(C)C. The van der Waals surface area contributed by atoms with Crippen LogP contribution in [0.1, 0.15) is 0 Å². The highest BCUT2D eigenvalue weighted by Gasteiger charge is 2.13. The molecule has 0 saturated heterocycles. The van der Waals surface area contributed by atoms with Gasteiger partial charge < -0.3 is 19.7 Å². The van der Waals surface area contributed by atoms with Crippen molar-refractivity contribution in [2.75, 3.05) is 33.6 Å². The van der Waals surface area contributed by atoms with E-state index in [1.165, 1.54) is 4.90 Å². The lowest BCUT2D eigenvalue weighted by Crippen LogP contribution is -2.27. The summed E-state index contributed by atoms with van der Waals surface area (Å²) in [7, 11) is 6.41. The number of para-hydroxylation sites is 1. The smallest absolute Gasteiger partial charge is 0.321 e. The molecule has 5 nitrogen and oxygen atoms in total. The summed E-state index contributed by atoms with van der Waals surface area (Å²) >= 11 is 0. The number of rotatable bonds is 3. The van der Waals surface area contributed by atoms with Gasteiger partial charge in [-0.1, -0.05) is 6.07 Å². The van der Waals surface area contributed by atoms with Crippen molar-refractivity contribution in [3.8, 4) is 11.5 Å². The number of carbonyl (C=O) groups is 1. The minimum atomic E-state index is -0.234. The van der Waals surface area contributed by atoms with Gasteiger partial charge in [-0.2, -0.15) is 0 Å². The Morgan fingerprint density at radius 2 is 1.69 bits per heavy atom. The topological polar surface area (TPSA) is 50.8 Å². The maximum Gasteiger partial charge on any atom is 0.321 e. The van der Waals surface area contributed by atoms with E-state index in [0.717, 1.165) is 0 Å². The highest BCUT2D eigenvalue weighted by atomic mass is 16.5. The maximum atomic E-state index is 11.6. The number of hydrogen-bond acceptors (Lipinski definition) is 3. The van der Waals surface area contributed by atoms with Crippen LogP contribution in [0.5, 0.6) is 11.5 Å². The van der Waals surface area contributed by atoms with E-state index in [2.05, 4.69) is 5.32 Å². The van der Waals surface area contributed by atoms with Crippen molar-refractivity contribution >= 4 is 11.7 Å². The van der Waals surface area contributed by atoms with Crippen LogP contribution < -0.4 is 14.8 Å². The van der Waals surface area contributed by atoms with Crippen molar-refractivity contribution in [2.45, 2.75) is 0 Å². The first-order valence-corrected chi connectivity index (χ1v) is 4.79. The second-order valence-electron chi connectivity index (χ2n) is 3.36. The summed E-state index contributed by atoms with van der Waals surface area (Å²) < 4.78 is 10.3. The number of amides is 2. The molecule has 0 atom stereocenters. The summed E-state index contributed by atoms with van der Waals surface area (Å²) in [6.07, 6.45) is 0. The van der Waals surface area contributed by atoms with Crippen molar-refractivity contribution in [3.05, 3.63) is 18.2 Å². The summed E-state index contributed by atoms with van der Waals surface area (Å²) in [6, 6.07) is 5.08. The van der Waals surface area contributed by atoms with E-state index in [0.29, 0.717) is 17.2 Å². The van der Waals surface area contributed by atoms with Crippen LogP contribution in [0.25, 0.3) is 0 Å². The molecule has 16 heavy (non-hydrogen) atoms. The summed E-state index contributed by atoms with van der Waals surface area (Å²) in [5.74, 6) is 1.13. The van der Waals surface area contributed by atoms with Gasteiger partial charge in [0.25, 0.3) is 0 Å². The molecule has 5 heteroatoms. The van der Waals surface area contributed by atoms with Crippen molar-refractivity contribution < 1.29 is 14.3 Å². The molecule has 0 aliphatic rings. The molecule has 1 aromatic carbocycles. The van der Waals surface area contributed by atoms with Gasteiger partial charge in [0.1, 0.15) is 17.2 Å². The quantitative estimate of drug-likeness (QED) is 0.851. The van der Waals surface area contributed by atoms with Crippen LogP contribution in [0.3, 0.4) is 0 Å². The van der Waals surface area contributed by atoms with E-state index in [9.17, 15) is 4.79 Å². The van der Waals surface area contributed by atoms with E-state index < -0.39 is 0 Å². The van der Waals surface area contributed by atoms with E-state index in [1.807, 2.05) is 0 Å². The van der Waals surface area contributed by atoms with Crippen molar-refractivity contribution in [1.29, 1.82) is 0 Å². The summed E-state index contributed by atoms with van der Waals surface area (Å²) in [4.78, 5) is 13.0. The predicted molar refractivity (Wildman–Crippen MR) is 62.3 cm³/mol. The number of hydrogen-bond donors (Lipinski definition) is 1. The molecule has 0 fully saturated rings. The predicted octanol–water partition coefficient (Wildman–Crippen LogP) is 1.80. The van der Waals surface area contributed by atoms with Crippen molar-refractivity contribution in [2.24, 2.45) is 0 Å². The second-order valence-corrected chi connectivity index (χ2v) is 3.36. The Morgan fingerprint density at radius 3 is 2.06 bits per heavy atom. The Labute approximate surface area is 95.0 Å². The summed E-state index contributed by atoms with van der Waals surface area (Å²) in [6.45, 7) is 0. The molecule has 1 aromatic rings. The van der Waals surface area contributed by atoms with Crippen molar-refractivity contribution in [3.63, 3.8) is 0 Å².